The fourth-order valence-electron chi connectivity index (χ4n) is 1.90. The average Bonchev–Trinajstić information content (AvgIpc) is 2.95. The molecule has 0 spiro atoms. The standard InChI is InChI=1S/C11H14N4/c1-7-9-4-5-10(12)13-11(9)15(14-7)6-8-2-3-8/h4-5,8H,2-3,6H2,1H3,(H2,12,13). The Hall–Kier alpha value is -1.58. The van der Waals surface area contributed by atoms with Gasteiger partial charge in [0.1, 0.15) is 5.82 Å². The Morgan fingerprint density at radius 3 is 3.00 bits per heavy atom. The number of pyridine rings is 1. The van der Waals surface area contributed by atoms with Crippen molar-refractivity contribution < 1.29 is 0 Å². The van der Waals surface area contributed by atoms with Gasteiger partial charge in [0.15, 0.2) is 5.65 Å². The lowest BCUT2D eigenvalue weighted by molar-refractivity contribution is 0.572. The van der Waals surface area contributed by atoms with E-state index in [0.29, 0.717) is 5.82 Å². The van der Waals surface area contributed by atoms with Gasteiger partial charge in [0.05, 0.1) is 5.69 Å². The first-order valence-corrected chi connectivity index (χ1v) is 5.33. The maximum atomic E-state index is 5.70. The number of hydrogen-bond donors (Lipinski definition) is 1. The highest BCUT2D eigenvalue weighted by atomic mass is 15.3. The molecule has 2 N–H and O–H groups in total. The van der Waals surface area contributed by atoms with Crippen LogP contribution in [0.3, 0.4) is 0 Å². The van der Waals surface area contributed by atoms with Crippen LogP contribution >= 0.6 is 0 Å². The van der Waals surface area contributed by atoms with Crippen LogP contribution in [0.25, 0.3) is 11.0 Å². The van der Waals surface area contributed by atoms with E-state index in [-0.39, 0.29) is 0 Å². The van der Waals surface area contributed by atoms with Crippen molar-refractivity contribution in [1.82, 2.24) is 14.8 Å². The maximum Gasteiger partial charge on any atom is 0.160 e. The van der Waals surface area contributed by atoms with E-state index < -0.39 is 0 Å². The van der Waals surface area contributed by atoms with Crippen LogP contribution in [-0.4, -0.2) is 14.8 Å². The highest BCUT2D eigenvalue weighted by Crippen LogP contribution is 2.31. The van der Waals surface area contributed by atoms with E-state index in [0.717, 1.165) is 29.2 Å². The first-order valence-electron chi connectivity index (χ1n) is 5.33. The largest absolute Gasteiger partial charge is 0.384 e. The van der Waals surface area contributed by atoms with Crippen molar-refractivity contribution in [3.8, 4) is 0 Å². The fourth-order valence-corrected chi connectivity index (χ4v) is 1.90. The molecule has 1 fully saturated rings. The zero-order valence-corrected chi connectivity index (χ0v) is 8.77. The van der Waals surface area contributed by atoms with Crippen molar-refractivity contribution in [3.05, 3.63) is 17.8 Å². The molecule has 0 atom stereocenters. The van der Waals surface area contributed by atoms with Crippen LogP contribution in [-0.2, 0) is 6.54 Å². The minimum absolute atomic E-state index is 0.569. The fraction of sp³-hybridized carbons (Fsp3) is 0.455. The minimum Gasteiger partial charge on any atom is -0.384 e. The summed E-state index contributed by atoms with van der Waals surface area (Å²) in [6, 6.07) is 3.84. The second-order valence-corrected chi connectivity index (χ2v) is 4.32. The number of aryl methyl sites for hydroxylation is 1. The summed E-state index contributed by atoms with van der Waals surface area (Å²) in [6.07, 6.45) is 2.64. The van der Waals surface area contributed by atoms with Gasteiger partial charge in [0.25, 0.3) is 0 Å². The predicted octanol–water partition coefficient (Wildman–Crippen LogP) is 1.73. The Morgan fingerprint density at radius 2 is 2.27 bits per heavy atom. The summed E-state index contributed by atoms with van der Waals surface area (Å²) in [7, 11) is 0. The van der Waals surface area contributed by atoms with Crippen LogP contribution in [0.1, 0.15) is 18.5 Å². The summed E-state index contributed by atoms with van der Waals surface area (Å²) >= 11 is 0. The van der Waals surface area contributed by atoms with Gasteiger partial charge in [-0.05, 0) is 37.8 Å². The molecule has 78 valence electrons. The van der Waals surface area contributed by atoms with Gasteiger partial charge in [-0.1, -0.05) is 0 Å². The zero-order valence-electron chi connectivity index (χ0n) is 8.77. The van der Waals surface area contributed by atoms with Gasteiger partial charge in [0.2, 0.25) is 0 Å². The molecule has 2 aromatic rings. The van der Waals surface area contributed by atoms with Crippen LogP contribution in [0.2, 0.25) is 0 Å². The number of nitrogen functional groups attached to an aromatic ring is 1. The van der Waals surface area contributed by atoms with Crippen molar-refractivity contribution in [2.24, 2.45) is 5.92 Å². The van der Waals surface area contributed by atoms with Crippen molar-refractivity contribution >= 4 is 16.9 Å². The lowest BCUT2D eigenvalue weighted by atomic mass is 10.3. The van der Waals surface area contributed by atoms with Crippen molar-refractivity contribution in [2.45, 2.75) is 26.3 Å². The van der Waals surface area contributed by atoms with Crippen molar-refractivity contribution in [3.63, 3.8) is 0 Å². The third-order valence-corrected chi connectivity index (χ3v) is 2.93. The Balaban J connectivity index is 2.14. The quantitative estimate of drug-likeness (QED) is 0.806. The van der Waals surface area contributed by atoms with Gasteiger partial charge in [0, 0.05) is 11.9 Å². The van der Waals surface area contributed by atoms with Gasteiger partial charge in [-0.3, -0.25) is 0 Å². The Labute approximate surface area is 88.1 Å². The summed E-state index contributed by atoms with van der Waals surface area (Å²) < 4.78 is 2.00. The number of nitrogens with two attached hydrogens (primary N) is 1. The number of nitrogens with zero attached hydrogens (tertiary/aromatic N) is 3. The van der Waals surface area contributed by atoms with Crippen LogP contribution in [0.4, 0.5) is 5.82 Å². The predicted molar refractivity (Wildman–Crippen MR) is 59.4 cm³/mol. The molecule has 4 nitrogen and oxygen atoms in total. The van der Waals surface area contributed by atoms with Crippen LogP contribution in [0.15, 0.2) is 12.1 Å². The molecule has 1 saturated carbocycles. The van der Waals surface area contributed by atoms with Gasteiger partial charge < -0.3 is 5.73 Å². The number of anilines is 1. The number of hydrogen-bond acceptors (Lipinski definition) is 3. The third-order valence-electron chi connectivity index (χ3n) is 2.93. The van der Waals surface area contributed by atoms with E-state index in [4.69, 9.17) is 5.73 Å². The van der Waals surface area contributed by atoms with Crippen LogP contribution in [0.5, 0.6) is 0 Å². The zero-order chi connectivity index (χ0) is 10.4. The summed E-state index contributed by atoms with van der Waals surface area (Å²) in [5.74, 6) is 1.37. The normalized spacial score (nSPS) is 16.1. The smallest absolute Gasteiger partial charge is 0.160 e. The topological polar surface area (TPSA) is 56.7 Å². The number of fused-ring (bicyclic) bond motifs is 1. The van der Waals surface area contributed by atoms with E-state index in [2.05, 4.69) is 10.1 Å². The minimum atomic E-state index is 0.569. The first kappa shape index (κ1) is 8.71. The number of rotatable bonds is 2. The lowest BCUT2D eigenvalue weighted by Crippen LogP contribution is -2.03. The Bertz CT molecular complexity index is 511. The molecule has 0 aliphatic heterocycles. The molecular weight excluding hydrogens is 188 g/mol. The summed E-state index contributed by atoms with van der Waals surface area (Å²) in [6.45, 7) is 3.00. The Morgan fingerprint density at radius 1 is 1.47 bits per heavy atom. The molecule has 15 heavy (non-hydrogen) atoms. The molecule has 2 heterocycles. The molecule has 0 unspecified atom stereocenters. The lowest BCUT2D eigenvalue weighted by Gasteiger charge is -2.00. The first-order chi connectivity index (χ1) is 7.24. The molecule has 3 rings (SSSR count). The van der Waals surface area contributed by atoms with E-state index in [1.54, 1.807) is 0 Å². The van der Waals surface area contributed by atoms with Crippen LogP contribution in [0, 0.1) is 12.8 Å². The van der Waals surface area contributed by atoms with E-state index >= 15 is 0 Å². The van der Waals surface area contributed by atoms with Gasteiger partial charge in [-0.25, -0.2) is 9.67 Å². The average molecular weight is 202 g/mol. The van der Waals surface area contributed by atoms with Gasteiger partial charge >= 0.3 is 0 Å². The summed E-state index contributed by atoms with van der Waals surface area (Å²) in [4.78, 5) is 4.36. The highest BCUT2D eigenvalue weighted by Gasteiger charge is 2.23. The van der Waals surface area contributed by atoms with Gasteiger partial charge in [-0.15, -0.1) is 0 Å². The third kappa shape index (κ3) is 1.46. The molecular formula is C11H14N4. The van der Waals surface area contributed by atoms with Gasteiger partial charge in [-0.2, -0.15) is 5.10 Å². The molecule has 2 aromatic heterocycles. The number of aromatic nitrogens is 3. The van der Waals surface area contributed by atoms with E-state index in [1.807, 2.05) is 23.7 Å². The summed E-state index contributed by atoms with van der Waals surface area (Å²) in [5, 5.41) is 5.63. The van der Waals surface area contributed by atoms with E-state index in [9.17, 15) is 0 Å². The second kappa shape index (κ2) is 2.95. The van der Waals surface area contributed by atoms with Crippen molar-refractivity contribution in [2.75, 3.05) is 5.73 Å². The van der Waals surface area contributed by atoms with Crippen molar-refractivity contribution in [1.29, 1.82) is 0 Å². The van der Waals surface area contributed by atoms with E-state index in [1.165, 1.54) is 12.8 Å². The molecule has 0 bridgehead atoms. The molecule has 4 heteroatoms. The maximum absolute atomic E-state index is 5.70. The second-order valence-electron chi connectivity index (χ2n) is 4.32. The molecule has 0 radical (unpaired) electrons. The van der Waals surface area contributed by atoms with Crippen LogP contribution < -0.4 is 5.73 Å². The molecule has 1 aliphatic carbocycles. The SMILES string of the molecule is Cc1nn(CC2CC2)c2nc(N)ccc12. The monoisotopic (exact) mass is 202 g/mol. The Kier molecular flexibility index (Phi) is 1.71. The molecule has 1 aliphatic rings. The molecule has 0 aromatic carbocycles. The summed E-state index contributed by atoms with van der Waals surface area (Å²) in [5.41, 5.74) is 7.67. The molecule has 0 saturated heterocycles. The molecule has 0 amide bonds. The highest BCUT2D eigenvalue weighted by molar-refractivity contribution is 5.79.